The highest BCUT2D eigenvalue weighted by Crippen LogP contribution is 2.26. The molecule has 3 fully saturated rings. The van der Waals surface area contributed by atoms with E-state index in [1.807, 2.05) is 13.8 Å². The summed E-state index contributed by atoms with van der Waals surface area (Å²) in [6.45, 7) is 5.41. The molecule has 0 aromatic carbocycles. The number of carbonyl (C=O) groups is 1. The number of alkyl halides is 1. The Balaban J connectivity index is 1.48. The predicted molar refractivity (Wildman–Crippen MR) is 105 cm³/mol. The predicted octanol–water partition coefficient (Wildman–Crippen LogP) is 2.99. The number of amides is 1. The van der Waals surface area contributed by atoms with Gasteiger partial charge in [-0.2, -0.15) is 0 Å². The van der Waals surface area contributed by atoms with Gasteiger partial charge >= 0.3 is 0 Å². The summed E-state index contributed by atoms with van der Waals surface area (Å²) in [5.74, 6) is 0.638. The Morgan fingerprint density at radius 1 is 1.07 bits per heavy atom. The number of rotatable bonds is 4. The van der Waals surface area contributed by atoms with Crippen LogP contribution in [0.3, 0.4) is 0 Å². The van der Waals surface area contributed by atoms with Crippen molar-refractivity contribution in [2.24, 2.45) is 5.92 Å². The minimum atomic E-state index is -1.10. The van der Waals surface area contributed by atoms with Crippen LogP contribution in [0.15, 0.2) is 0 Å². The molecule has 2 aliphatic heterocycles. The summed E-state index contributed by atoms with van der Waals surface area (Å²) in [5, 5.41) is 6.88. The maximum absolute atomic E-state index is 14.4. The van der Waals surface area contributed by atoms with E-state index in [9.17, 15) is 9.18 Å². The Morgan fingerprint density at radius 3 is 2.37 bits per heavy atom. The molecule has 0 bridgehead atoms. The highest BCUT2D eigenvalue weighted by molar-refractivity contribution is 5.82. The minimum Gasteiger partial charge on any atom is -0.372 e. The standard InChI is InChI=1S/C21H38FN3O2/c1-15(2)27-19-11-12-25(14-17(19)22)21(26)20-23-13-18(24-20)16-9-7-5-3-4-6-8-10-16/h15-20,23-24H,3-14H2,1-2H3/t17-,18?,19+,20?/m1/s1. The lowest BCUT2D eigenvalue weighted by Crippen LogP contribution is -2.56. The minimum absolute atomic E-state index is 0.00814. The van der Waals surface area contributed by atoms with Gasteiger partial charge in [-0.1, -0.05) is 38.5 Å². The fraction of sp³-hybridized carbons (Fsp3) is 0.952. The maximum Gasteiger partial charge on any atom is 0.254 e. The van der Waals surface area contributed by atoms with Crippen molar-refractivity contribution in [2.75, 3.05) is 19.6 Å². The number of nitrogens with zero attached hydrogens (tertiary/aromatic N) is 1. The van der Waals surface area contributed by atoms with Crippen molar-refractivity contribution in [3.63, 3.8) is 0 Å². The van der Waals surface area contributed by atoms with Gasteiger partial charge in [-0.15, -0.1) is 0 Å². The first kappa shape index (κ1) is 21.0. The van der Waals surface area contributed by atoms with Gasteiger partial charge in [0.05, 0.1) is 18.8 Å². The maximum atomic E-state index is 14.4. The van der Waals surface area contributed by atoms with Crippen LogP contribution in [0.5, 0.6) is 0 Å². The lowest BCUT2D eigenvalue weighted by Gasteiger charge is -2.36. The molecule has 1 saturated carbocycles. The van der Waals surface area contributed by atoms with Crippen LogP contribution in [0.4, 0.5) is 4.39 Å². The van der Waals surface area contributed by atoms with Gasteiger partial charge in [0.2, 0.25) is 0 Å². The Labute approximate surface area is 163 Å². The topological polar surface area (TPSA) is 53.6 Å². The van der Waals surface area contributed by atoms with Crippen LogP contribution in [0, 0.1) is 5.92 Å². The van der Waals surface area contributed by atoms with E-state index in [1.54, 1.807) is 4.90 Å². The highest BCUT2D eigenvalue weighted by Gasteiger charge is 2.38. The number of halogens is 1. The molecular formula is C21H38FN3O2. The molecule has 1 aliphatic carbocycles. The summed E-state index contributed by atoms with van der Waals surface area (Å²) >= 11 is 0. The van der Waals surface area contributed by atoms with E-state index < -0.39 is 6.17 Å². The van der Waals surface area contributed by atoms with Crippen LogP contribution in [0.25, 0.3) is 0 Å². The van der Waals surface area contributed by atoms with E-state index in [2.05, 4.69) is 10.6 Å². The molecule has 2 unspecified atom stereocenters. The molecule has 0 aromatic heterocycles. The normalized spacial score (nSPS) is 34.3. The first-order valence-electron chi connectivity index (χ1n) is 11.1. The summed E-state index contributed by atoms with van der Waals surface area (Å²) in [7, 11) is 0. The fourth-order valence-corrected chi connectivity index (χ4v) is 4.87. The molecule has 3 rings (SSSR count). The van der Waals surface area contributed by atoms with Crippen molar-refractivity contribution >= 4 is 5.91 Å². The first-order valence-corrected chi connectivity index (χ1v) is 11.1. The Morgan fingerprint density at radius 2 is 1.74 bits per heavy atom. The molecule has 4 atom stereocenters. The summed E-state index contributed by atoms with van der Waals surface area (Å²) in [6.07, 6.45) is 9.26. The van der Waals surface area contributed by atoms with Crippen molar-refractivity contribution in [1.82, 2.24) is 15.5 Å². The van der Waals surface area contributed by atoms with Crippen molar-refractivity contribution in [2.45, 2.75) is 102 Å². The largest absolute Gasteiger partial charge is 0.372 e. The van der Waals surface area contributed by atoms with Gasteiger partial charge in [0.15, 0.2) is 0 Å². The Bertz CT molecular complexity index is 466. The second-order valence-corrected chi connectivity index (χ2v) is 8.89. The second-order valence-electron chi connectivity index (χ2n) is 8.89. The lowest BCUT2D eigenvalue weighted by atomic mass is 9.90. The molecule has 3 aliphatic rings. The molecule has 156 valence electrons. The average molecular weight is 384 g/mol. The lowest BCUT2D eigenvalue weighted by molar-refractivity contribution is -0.140. The molecule has 5 nitrogen and oxygen atoms in total. The van der Waals surface area contributed by atoms with Crippen molar-refractivity contribution < 1.29 is 13.9 Å². The van der Waals surface area contributed by atoms with Gasteiger partial charge in [-0.3, -0.25) is 15.4 Å². The van der Waals surface area contributed by atoms with E-state index >= 15 is 0 Å². The van der Waals surface area contributed by atoms with Crippen LogP contribution < -0.4 is 10.6 Å². The third kappa shape index (κ3) is 5.88. The molecule has 0 radical (unpaired) electrons. The van der Waals surface area contributed by atoms with Crippen molar-refractivity contribution in [1.29, 1.82) is 0 Å². The van der Waals surface area contributed by atoms with Crippen LogP contribution in [0.1, 0.15) is 71.6 Å². The highest BCUT2D eigenvalue weighted by atomic mass is 19.1. The van der Waals surface area contributed by atoms with Gasteiger partial charge in [0.25, 0.3) is 5.91 Å². The third-order valence-electron chi connectivity index (χ3n) is 6.38. The number of hydrogen-bond acceptors (Lipinski definition) is 4. The van der Waals surface area contributed by atoms with Crippen LogP contribution in [-0.4, -0.2) is 61.0 Å². The van der Waals surface area contributed by atoms with E-state index in [0.29, 0.717) is 24.9 Å². The summed E-state index contributed by atoms with van der Waals surface area (Å²) in [4.78, 5) is 14.5. The van der Waals surface area contributed by atoms with Gasteiger partial charge in [-0.25, -0.2) is 4.39 Å². The second kappa shape index (κ2) is 10.2. The zero-order valence-electron chi connectivity index (χ0n) is 17.1. The number of likely N-dealkylation sites (tertiary alicyclic amines) is 1. The average Bonchev–Trinajstić information content (AvgIpc) is 3.16. The Hall–Kier alpha value is -0.720. The van der Waals surface area contributed by atoms with Crippen molar-refractivity contribution in [3.05, 3.63) is 0 Å². The zero-order valence-corrected chi connectivity index (χ0v) is 17.1. The molecule has 2 saturated heterocycles. The number of ether oxygens (including phenoxy) is 1. The number of carbonyl (C=O) groups excluding carboxylic acids is 1. The molecule has 6 heteroatoms. The van der Waals surface area contributed by atoms with Gasteiger partial charge in [-0.05, 0) is 39.0 Å². The number of piperidine rings is 1. The quantitative estimate of drug-likeness (QED) is 0.784. The monoisotopic (exact) mass is 383 g/mol. The molecule has 0 spiro atoms. The number of nitrogens with one attached hydrogen (secondary N) is 2. The van der Waals surface area contributed by atoms with Crippen LogP contribution >= 0.6 is 0 Å². The van der Waals surface area contributed by atoms with Crippen LogP contribution in [-0.2, 0) is 9.53 Å². The summed E-state index contributed by atoms with van der Waals surface area (Å²) in [6, 6.07) is 0.361. The van der Waals surface area contributed by atoms with E-state index in [-0.39, 0.29) is 30.8 Å². The molecule has 27 heavy (non-hydrogen) atoms. The SMILES string of the molecule is CC(C)O[C@H]1CCN(C(=O)C2NCC(C3CCCCCCCC3)N2)C[C@H]1F. The third-order valence-corrected chi connectivity index (χ3v) is 6.38. The summed E-state index contributed by atoms with van der Waals surface area (Å²) in [5.41, 5.74) is 0. The smallest absolute Gasteiger partial charge is 0.254 e. The Kier molecular flexibility index (Phi) is 7.91. The fourth-order valence-electron chi connectivity index (χ4n) is 4.87. The number of hydrogen-bond donors (Lipinski definition) is 2. The molecular weight excluding hydrogens is 345 g/mol. The van der Waals surface area contributed by atoms with Gasteiger partial charge in [0.1, 0.15) is 12.3 Å². The molecule has 1 amide bonds. The molecule has 2 heterocycles. The first-order chi connectivity index (χ1) is 13.0. The van der Waals surface area contributed by atoms with E-state index in [1.165, 1.54) is 51.4 Å². The molecule has 2 N–H and O–H groups in total. The summed E-state index contributed by atoms with van der Waals surface area (Å²) < 4.78 is 20.1. The van der Waals surface area contributed by atoms with Gasteiger partial charge < -0.3 is 9.64 Å². The van der Waals surface area contributed by atoms with E-state index in [4.69, 9.17) is 4.74 Å². The van der Waals surface area contributed by atoms with E-state index in [0.717, 1.165) is 6.54 Å². The zero-order chi connectivity index (χ0) is 19.2. The van der Waals surface area contributed by atoms with Crippen molar-refractivity contribution in [3.8, 4) is 0 Å². The van der Waals surface area contributed by atoms with Crippen LogP contribution in [0.2, 0.25) is 0 Å². The molecule has 0 aromatic rings. The van der Waals surface area contributed by atoms with Gasteiger partial charge in [0, 0.05) is 19.1 Å².